The van der Waals surface area contributed by atoms with E-state index in [4.69, 9.17) is 21.1 Å². The number of benzene rings is 2. The Morgan fingerprint density at radius 1 is 1.22 bits per heavy atom. The van der Waals surface area contributed by atoms with E-state index >= 15 is 0 Å². The van der Waals surface area contributed by atoms with Gasteiger partial charge in [-0.3, -0.25) is 14.6 Å². The third-order valence-corrected chi connectivity index (χ3v) is 5.33. The second kappa shape index (κ2) is 9.08. The summed E-state index contributed by atoms with van der Waals surface area (Å²) < 4.78 is 11.4. The number of fused-ring (bicyclic) bond motifs is 1. The van der Waals surface area contributed by atoms with E-state index in [9.17, 15) is 20.0 Å². The summed E-state index contributed by atoms with van der Waals surface area (Å²) in [5, 5.41) is 19.4. The number of pyridine rings is 1. The van der Waals surface area contributed by atoms with Gasteiger partial charge in [0, 0.05) is 29.1 Å². The van der Waals surface area contributed by atoms with Crippen LogP contribution in [0.5, 0.6) is 17.2 Å². The third kappa shape index (κ3) is 4.56. The van der Waals surface area contributed by atoms with Gasteiger partial charge in [0.2, 0.25) is 0 Å². The van der Waals surface area contributed by atoms with Crippen molar-refractivity contribution in [1.82, 2.24) is 4.98 Å². The number of halogens is 1. The van der Waals surface area contributed by atoms with Crippen molar-refractivity contribution in [3.05, 3.63) is 82.1 Å². The molecular formula is C24H17ClN2O5. The van der Waals surface area contributed by atoms with Crippen LogP contribution >= 0.6 is 11.6 Å². The quantitative estimate of drug-likeness (QED) is 0.540. The molecule has 0 fully saturated rings. The number of aliphatic carboxylic acids is 1. The number of nitriles is 1. The molecule has 1 aliphatic heterocycles. The van der Waals surface area contributed by atoms with Crippen molar-refractivity contribution >= 4 is 23.4 Å². The fraction of sp³-hybridized carbons (Fsp3) is 0.167. The minimum atomic E-state index is -0.957. The van der Waals surface area contributed by atoms with Gasteiger partial charge >= 0.3 is 5.97 Å². The molecule has 1 unspecified atom stereocenters. The van der Waals surface area contributed by atoms with Crippen molar-refractivity contribution in [3.63, 3.8) is 0 Å². The Morgan fingerprint density at radius 2 is 2.00 bits per heavy atom. The predicted molar refractivity (Wildman–Crippen MR) is 115 cm³/mol. The predicted octanol–water partition coefficient (Wildman–Crippen LogP) is 4.78. The van der Waals surface area contributed by atoms with Gasteiger partial charge in [-0.1, -0.05) is 11.6 Å². The summed E-state index contributed by atoms with van der Waals surface area (Å²) in [5.41, 5.74) is 1.78. The zero-order valence-electron chi connectivity index (χ0n) is 16.7. The Hall–Kier alpha value is -3.89. The summed E-state index contributed by atoms with van der Waals surface area (Å²) >= 11 is 5.82. The van der Waals surface area contributed by atoms with Crippen molar-refractivity contribution in [1.29, 1.82) is 5.26 Å². The molecule has 160 valence electrons. The lowest BCUT2D eigenvalue weighted by Gasteiger charge is -2.24. The molecule has 3 aromatic rings. The smallest absolute Gasteiger partial charge is 0.311 e. The molecule has 32 heavy (non-hydrogen) atoms. The molecule has 1 aliphatic rings. The third-order valence-electron chi connectivity index (χ3n) is 5.10. The number of carbonyl (C=O) groups excluding carboxylic acids is 1. The molecule has 0 saturated carbocycles. The standard InChI is InChI=1S/C24H17ClN2O5/c25-16-3-4-17(27-13-16)10-21(28)14-1-5-18(6-2-14)32-22-11-23-20(9-15(22)12-26)19(24(29)30)7-8-31-23/h1-6,9,11,13,19H,7-8,10H2,(H,29,30). The maximum atomic E-state index is 12.5. The van der Waals surface area contributed by atoms with Crippen LogP contribution in [0, 0.1) is 11.3 Å². The molecule has 0 saturated heterocycles. The molecule has 1 atom stereocenters. The van der Waals surface area contributed by atoms with E-state index in [0.29, 0.717) is 39.8 Å². The van der Waals surface area contributed by atoms with Gasteiger partial charge in [0.1, 0.15) is 23.3 Å². The van der Waals surface area contributed by atoms with Crippen LogP contribution in [-0.2, 0) is 11.2 Å². The van der Waals surface area contributed by atoms with E-state index in [0.717, 1.165) is 0 Å². The number of hydrogen-bond donors (Lipinski definition) is 1. The van der Waals surface area contributed by atoms with Gasteiger partial charge in [-0.05, 0) is 48.9 Å². The highest BCUT2D eigenvalue weighted by atomic mass is 35.5. The zero-order chi connectivity index (χ0) is 22.7. The highest BCUT2D eigenvalue weighted by Crippen LogP contribution is 2.39. The molecule has 0 aliphatic carbocycles. The molecule has 0 bridgehead atoms. The molecule has 8 heteroatoms. The van der Waals surface area contributed by atoms with Gasteiger partial charge in [0.05, 0.1) is 29.5 Å². The first-order valence-electron chi connectivity index (χ1n) is 9.80. The minimum absolute atomic E-state index is 0.106. The van der Waals surface area contributed by atoms with E-state index < -0.39 is 11.9 Å². The molecular weight excluding hydrogens is 432 g/mol. The Bertz CT molecular complexity index is 1220. The summed E-state index contributed by atoms with van der Waals surface area (Å²) in [6.07, 6.45) is 1.98. The van der Waals surface area contributed by atoms with Crippen LogP contribution in [0.15, 0.2) is 54.7 Å². The Morgan fingerprint density at radius 3 is 2.66 bits per heavy atom. The number of ether oxygens (including phenoxy) is 2. The van der Waals surface area contributed by atoms with Gasteiger partial charge in [0.15, 0.2) is 5.78 Å². The summed E-state index contributed by atoms with van der Waals surface area (Å²) in [7, 11) is 0. The van der Waals surface area contributed by atoms with E-state index in [1.807, 2.05) is 6.07 Å². The second-order valence-electron chi connectivity index (χ2n) is 7.22. The average molecular weight is 449 g/mol. The first-order chi connectivity index (χ1) is 15.4. The molecule has 0 spiro atoms. The number of Topliss-reactive ketones (excluding diaryl/α,β-unsaturated/α-hetero) is 1. The SMILES string of the molecule is N#Cc1cc2c(cc1Oc1ccc(C(=O)Cc3ccc(Cl)cn3)cc1)OCCC2C(=O)O. The topological polar surface area (TPSA) is 110 Å². The van der Waals surface area contributed by atoms with Crippen molar-refractivity contribution in [2.45, 2.75) is 18.8 Å². The lowest BCUT2D eigenvalue weighted by atomic mass is 9.91. The Kier molecular flexibility index (Phi) is 6.06. The molecule has 0 amide bonds. The Balaban J connectivity index is 1.52. The fourth-order valence-corrected chi connectivity index (χ4v) is 3.57. The summed E-state index contributed by atoms with van der Waals surface area (Å²) in [6.45, 7) is 0.272. The molecule has 4 rings (SSSR count). The lowest BCUT2D eigenvalue weighted by molar-refractivity contribution is -0.139. The van der Waals surface area contributed by atoms with Crippen molar-refractivity contribution in [3.8, 4) is 23.3 Å². The van der Waals surface area contributed by atoms with Crippen molar-refractivity contribution in [2.75, 3.05) is 6.61 Å². The summed E-state index contributed by atoms with van der Waals surface area (Å²) in [5.74, 6) is -0.720. The molecule has 0 radical (unpaired) electrons. The van der Waals surface area contributed by atoms with Crippen LogP contribution in [0.1, 0.15) is 39.5 Å². The lowest BCUT2D eigenvalue weighted by Crippen LogP contribution is -2.21. The summed E-state index contributed by atoms with van der Waals surface area (Å²) in [4.78, 5) is 28.1. The highest BCUT2D eigenvalue weighted by Gasteiger charge is 2.29. The Labute approximate surface area is 188 Å². The number of rotatable bonds is 6. The van der Waals surface area contributed by atoms with Gasteiger partial charge < -0.3 is 14.6 Å². The average Bonchev–Trinajstić information content (AvgIpc) is 2.80. The zero-order valence-corrected chi connectivity index (χ0v) is 17.5. The second-order valence-corrected chi connectivity index (χ2v) is 7.66. The van der Waals surface area contributed by atoms with Crippen LogP contribution < -0.4 is 9.47 Å². The normalized spacial score (nSPS) is 14.6. The maximum Gasteiger partial charge on any atom is 0.311 e. The van der Waals surface area contributed by atoms with Crippen molar-refractivity contribution in [2.24, 2.45) is 0 Å². The summed E-state index contributed by atoms with van der Waals surface area (Å²) in [6, 6.07) is 15.0. The minimum Gasteiger partial charge on any atom is -0.493 e. The maximum absolute atomic E-state index is 12.5. The molecule has 7 nitrogen and oxygen atoms in total. The van der Waals surface area contributed by atoms with Gasteiger partial charge in [-0.15, -0.1) is 0 Å². The molecule has 1 N–H and O–H groups in total. The van der Waals surface area contributed by atoms with E-state index in [-0.39, 0.29) is 30.1 Å². The number of nitrogens with zero attached hydrogens (tertiary/aromatic N) is 2. The van der Waals surface area contributed by atoms with E-state index in [2.05, 4.69) is 4.98 Å². The number of carboxylic acid groups (broad SMARTS) is 1. The molecule has 2 aromatic carbocycles. The number of aromatic nitrogens is 1. The highest BCUT2D eigenvalue weighted by molar-refractivity contribution is 6.30. The largest absolute Gasteiger partial charge is 0.493 e. The number of ketones is 1. The van der Waals surface area contributed by atoms with Crippen LogP contribution in [0.4, 0.5) is 0 Å². The first-order valence-corrected chi connectivity index (χ1v) is 10.2. The first kappa shape index (κ1) is 21.3. The number of carbonyl (C=O) groups is 2. The van der Waals surface area contributed by atoms with Crippen LogP contribution in [0.3, 0.4) is 0 Å². The monoisotopic (exact) mass is 448 g/mol. The fourth-order valence-electron chi connectivity index (χ4n) is 3.46. The molecule has 2 heterocycles. The molecule has 1 aromatic heterocycles. The van der Waals surface area contributed by atoms with Gasteiger partial charge in [-0.2, -0.15) is 5.26 Å². The van der Waals surface area contributed by atoms with E-state index in [1.165, 1.54) is 18.3 Å². The van der Waals surface area contributed by atoms with E-state index in [1.54, 1.807) is 36.4 Å². The number of hydrogen-bond acceptors (Lipinski definition) is 6. The van der Waals surface area contributed by atoms with Crippen LogP contribution in [0.25, 0.3) is 0 Å². The van der Waals surface area contributed by atoms with Crippen molar-refractivity contribution < 1.29 is 24.2 Å². The number of carboxylic acids is 1. The van der Waals surface area contributed by atoms with Crippen LogP contribution in [0.2, 0.25) is 5.02 Å². The van der Waals surface area contributed by atoms with Gasteiger partial charge in [0.25, 0.3) is 0 Å². The van der Waals surface area contributed by atoms with Crippen LogP contribution in [-0.4, -0.2) is 28.4 Å². The van der Waals surface area contributed by atoms with Gasteiger partial charge in [-0.25, -0.2) is 0 Å².